The Hall–Kier alpha value is -2.75. The van der Waals surface area contributed by atoms with Crippen molar-refractivity contribution in [2.24, 2.45) is 0 Å². The second kappa shape index (κ2) is 5.09. The third-order valence-corrected chi connectivity index (χ3v) is 2.40. The number of nitriles is 1. The molecule has 7 heteroatoms. The van der Waals surface area contributed by atoms with Gasteiger partial charge in [0.1, 0.15) is 11.8 Å². The number of nitrogens with zero attached hydrogens (tertiary/aromatic N) is 2. The van der Waals surface area contributed by atoms with E-state index in [2.05, 4.69) is 9.72 Å². The Labute approximate surface area is 112 Å². The molecule has 102 valence electrons. The average molecular weight is 279 g/mol. The maximum absolute atomic E-state index is 12.1. The minimum Gasteiger partial charge on any atom is -0.406 e. The summed E-state index contributed by atoms with van der Waals surface area (Å²) in [6.45, 7) is 0. The SMILES string of the molecule is N#Cc1nc(-c2cccc(OC(F)(F)F)c2)ccc1N. The van der Waals surface area contributed by atoms with Crippen molar-refractivity contribution in [1.82, 2.24) is 4.98 Å². The van der Waals surface area contributed by atoms with Crippen molar-refractivity contribution in [3.63, 3.8) is 0 Å². The molecule has 1 aromatic heterocycles. The molecule has 1 heterocycles. The summed E-state index contributed by atoms with van der Waals surface area (Å²) in [7, 11) is 0. The first-order chi connectivity index (χ1) is 9.39. The molecule has 0 saturated heterocycles. The van der Waals surface area contributed by atoms with Crippen molar-refractivity contribution in [3.8, 4) is 23.1 Å². The van der Waals surface area contributed by atoms with Gasteiger partial charge in [-0.05, 0) is 24.3 Å². The fraction of sp³-hybridized carbons (Fsp3) is 0.0769. The highest BCUT2D eigenvalue weighted by Crippen LogP contribution is 2.27. The van der Waals surface area contributed by atoms with Gasteiger partial charge >= 0.3 is 6.36 Å². The van der Waals surface area contributed by atoms with Crippen LogP contribution in [0.1, 0.15) is 5.69 Å². The number of hydrogen-bond acceptors (Lipinski definition) is 4. The first-order valence-corrected chi connectivity index (χ1v) is 5.42. The Balaban J connectivity index is 2.39. The summed E-state index contributed by atoms with van der Waals surface area (Å²) >= 11 is 0. The number of rotatable bonds is 2. The molecular formula is C13H8F3N3O. The van der Waals surface area contributed by atoms with Crippen LogP contribution in [0.3, 0.4) is 0 Å². The van der Waals surface area contributed by atoms with Gasteiger partial charge in [-0.2, -0.15) is 5.26 Å². The summed E-state index contributed by atoms with van der Waals surface area (Å²) in [6, 6.07) is 10.1. The number of halogens is 3. The number of hydrogen-bond donors (Lipinski definition) is 1. The summed E-state index contributed by atoms with van der Waals surface area (Å²) in [5.41, 5.74) is 6.49. The highest BCUT2D eigenvalue weighted by molar-refractivity contribution is 5.65. The summed E-state index contributed by atoms with van der Waals surface area (Å²) in [5.74, 6) is -0.355. The van der Waals surface area contributed by atoms with Crippen molar-refractivity contribution < 1.29 is 17.9 Å². The van der Waals surface area contributed by atoms with Gasteiger partial charge in [-0.1, -0.05) is 12.1 Å². The van der Waals surface area contributed by atoms with Crippen LogP contribution in [0.15, 0.2) is 36.4 Å². The van der Waals surface area contributed by atoms with E-state index in [0.717, 1.165) is 0 Å². The molecule has 0 aliphatic heterocycles. The largest absolute Gasteiger partial charge is 0.573 e. The lowest BCUT2D eigenvalue weighted by Crippen LogP contribution is -2.17. The predicted molar refractivity (Wildman–Crippen MR) is 65.5 cm³/mol. The van der Waals surface area contributed by atoms with Crippen LogP contribution in [0.25, 0.3) is 11.3 Å². The molecule has 20 heavy (non-hydrogen) atoms. The standard InChI is InChI=1S/C13H8F3N3O/c14-13(15,16)20-9-3-1-2-8(6-9)11-5-4-10(18)12(7-17)19-11/h1-6H,18H2. The lowest BCUT2D eigenvalue weighted by atomic mass is 10.1. The Morgan fingerprint density at radius 3 is 2.60 bits per heavy atom. The molecule has 2 rings (SSSR count). The lowest BCUT2D eigenvalue weighted by molar-refractivity contribution is -0.274. The first-order valence-electron chi connectivity index (χ1n) is 5.42. The van der Waals surface area contributed by atoms with Crippen molar-refractivity contribution in [2.75, 3.05) is 5.73 Å². The quantitative estimate of drug-likeness (QED) is 0.916. The van der Waals surface area contributed by atoms with Gasteiger partial charge in [0.15, 0.2) is 5.69 Å². The van der Waals surface area contributed by atoms with Gasteiger partial charge < -0.3 is 10.5 Å². The van der Waals surface area contributed by atoms with Crippen molar-refractivity contribution in [1.29, 1.82) is 5.26 Å². The van der Waals surface area contributed by atoms with Gasteiger partial charge in [-0.3, -0.25) is 0 Å². The van der Waals surface area contributed by atoms with Gasteiger partial charge in [0.25, 0.3) is 0 Å². The van der Waals surface area contributed by atoms with Crippen LogP contribution in [0.5, 0.6) is 5.75 Å². The topological polar surface area (TPSA) is 71.9 Å². The van der Waals surface area contributed by atoms with E-state index in [-0.39, 0.29) is 17.1 Å². The average Bonchev–Trinajstić information content (AvgIpc) is 2.37. The fourth-order valence-electron chi connectivity index (χ4n) is 1.57. The van der Waals surface area contributed by atoms with E-state index in [1.165, 1.54) is 30.3 Å². The minimum atomic E-state index is -4.76. The lowest BCUT2D eigenvalue weighted by Gasteiger charge is -2.10. The zero-order chi connectivity index (χ0) is 14.8. The molecule has 2 aromatic rings. The van der Waals surface area contributed by atoms with Crippen LogP contribution in [-0.2, 0) is 0 Å². The van der Waals surface area contributed by atoms with E-state index in [4.69, 9.17) is 11.0 Å². The zero-order valence-corrected chi connectivity index (χ0v) is 9.98. The van der Waals surface area contributed by atoms with Crippen LogP contribution in [0.4, 0.5) is 18.9 Å². The molecule has 0 aliphatic rings. The highest BCUT2D eigenvalue weighted by Gasteiger charge is 2.31. The van der Waals surface area contributed by atoms with Crippen LogP contribution < -0.4 is 10.5 Å². The van der Waals surface area contributed by atoms with Crippen LogP contribution in [0.2, 0.25) is 0 Å². The molecule has 1 aromatic carbocycles. The Bertz CT molecular complexity index is 677. The number of aromatic nitrogens is 1. The van der Waals surface area contributed by atoms with Gasteiger partial charge in [0.05, 0.1) is 11.4 Å². The molecule has 4 nitrogen and oxygen atoms in total. The summed E-state index contributed by atoms with van der Waals surface area (Å²) in [4.78, 5) is 3.98. The van der Waals surface area contributed by atoms with Crippen LogP contribution in [0, 0.1) is 11.3 Å². The number of benzene rings is 1. The molecule has 0 radical (unpaired) electrons. The summed E-state index contributed by atoms with van der Waals surface area (Å²) < 4.78 is 40.3. The normalized spacial score (nSPS) is 10.9. The molecule has 2 N–H and O–H groups in total. The number of ether oxygens (including phenoxy) is 1. The fourth-order valence-corrected chi connectivity index (χ4v) is 1.57. The van der Waals surface area contributed by atoms with Crippen LogP contribution in [-0.4, -0.2) is 11.3 Å². The molecule has 0 bridgehead atoms. The molecular weight excluding hydrogens is 271 g/mol. The molecule has 0 unspecified atom stereocenters. The Morgan fingerprint density at radius 2 is 1.95 bits per heavy atom. The van der Waals surface area contributed by atoms with E-state index < -0.39 is 6.36 Å². The maximum Gasteiger partial charge on any atom is 0.573 e. The van der Waals surface area contributed by atoms with Gasteiger partial charge in [-0.25, -0.2) is 4.98 Å². The Morgan fingerprint density at radius 1 is 1.20 bits per heavy atom. The zero-order valence-electron chi connectivity index (χ0n) is 9.98. The minimum absolute atomic E-state index is 0.0182. The molecule has 0 fully saturated rings. The van der Waals surface area contributed by atoms with Crippen molar-refractivity contribution in [3.05, 3.63) is 42.1 Å². The van der Waals surface area contributed by atoms with Crippen molar-refractivity contribution >= 4 is 5.69 Å². The number of nitrogen functional groups attached to an aromatic ring is 1. The monoisotopic (exact) mass is 279 g/mol. The van der Waals surface area contributed by atoms with Gasteiger partial charge in [0.2, 0.25) is 0 Å². The Kier molecular flexibility index (Phi) is 3.48. The van der Waals surface area contributed by atoms with Crippen LogP contribution >= 0.6 is 0 Å². The third-order valence-electron chi connectivity index (χ3n) is 2.40. The summed E-state index contributed by atoms with van der Waals surface area (Å²) in [5, 5.41) is 8.83. The number of alkyl halides is 3. The second-order valence-corrected chi connectivity index (χ2v) is 3.82. The van der Waals surface area contributed by atoms with Crippen molar-refractivity contribution in [2.45, 2.75) is 6.36 Å². The second-order valence-electron chi connectivity index (χ2n) is 3.82. The van der Waals surface area contributed by atoms with E-state index in [1.54, 1.807) is 6.07 Å². The van der Waals surface area contributed by atoms with Gasteiger partial charge in [0, 0.05) is 5.56 Å². The molecule has 0 spiro atoms. The number of anilines is 1. The molecule has 0 atom stereocenters. The van der Waals surface area contributed by atoms with E-state index >= 15 is 0 Å². The number of pyridine rings is 1. The highest BCUT2D eigenvalue weighted by atomic mass is 19.4. The van der Waals surface area contributed by atoms with E-state index in [9.17, 15) is 13.2 Å². The summed E-state index contributed by atoms with van der Waals surface area (Å²) in [6.07, 6.45) is -4.76. The molecule has 0 aliphatic carbocycles. The van der Waals surface area contributed by atoms with Gasteiger partial charge in [-0.15, -0.1) is 13.2 Å². The van der Waals surface area contributed by atoms with E-state index in [1.807, 2.05) is 6.07 Å². The van der Waals surface area contributed by atoms with E-state index in [0.29, 0.717) is 11.3 Å². The smallest absolute Gasteiger partial charge is 0.406 e. The maximum atomic E-state index is 12.1. The first kappa shape index (κ1) is 13.7. The predicted octanol–water partition coefficient (Wildman–Crippen LogP) is 3.10. The third kappa shape index (κ3) is 3.17. The molecule has 0 amide bonds. The number of nitrogens with two attached hydrogens (primary N) is 1. The molecule has 0 saturated carbocycles.